The van der Waals surface area contributed by atoms with E-state index in [4.69, 9.17) is 0 Å². The standard InChI is InChI=1S/C45H33N/c1-45(2)39-28-32(30-14-5-3-6-15-30)24-26-41(39)46(42-27-25-33(29-40(42)45)31-16-7-4-8-17-31)43-23-13-22-38-36-19-10-9-18-34(36)35-20-11-12-21-37(35)44(38)43/h3-29H,1-2H3. The van der Waals surface area contributed by atoms with E-state index in [1.54, 1.807) is 0 Å². The highest BCUT2D eigenvalue weighted by atomic mass is 15.2. The van der Waals surface area contributed by atoms with E-state index in [0.717, 1.165) is 0 Å². The van der Waals surface area contributed by atoms with Crippen molar-refractivity contribution in [3.05, 3.63) is 175 Å². The molecule has 46 heavy (non-hydrogen) atoms. The third kappa shape index (κ3) is 3.95. The molecule has 1 aliphatic rings. The summed E-state index contributed by atoms with van der Waals surface area (Å²) in [4.78, 5) is 2.53. The summed E-state index contributed by atoms with van der Waals surface area (Å²) in [5.74, 6) is 0. The molecule has 0 saturated carbocycles. The van der Waals surface area contributed by atoms with E-state index in [-0.39, 0.29) is 5.41 Å². The van der Waals surface area contributed by atoms with E-state index >= 15 is 0 Å². The first-order valence-electron chi connectivity index (χ1n) is 16.1. The third-order valence-electron chi connectivity index (χ3n) is 10.0. The van der Waals surface area contributed by atoms with Crippen LogP contribution in [-0.4, -0.2) is 0 Å². The van der Waals surface area contributed by atoms with Crippen molar-refractivity contribution >= 4 is 49.4 Å². The number of benzene rings is 8. The van der Waals surface area contributed by atoms with Crippen LogP contribution < -0.4 is 4.90 Å². The van der Waals surface area contributed by atoms with E-state index in [0.29, 0.717) is 0 Å². The van der Waals surface area contributed by atoms with Gasteiger partial charge in [-0.05, 0) is 90.6 Å². The smallest absolute Gasteiger partial charge is 0.0546 e. The summed E-state index contributed by atoms with van der Waals surface area (Å²) >= 11 is 0. The van der Waals surface area contributed by atoms with Crippen LogP contribution in [0, 0.1) is 0 Å². The van der Waals surface area contributed by atoms with E-state index in [2.05, 4.69) is 183 Å². The van der Waals surface area contributed by atoms with Gasteiger partial charge in [0.2, 0.25) is 0 Å². The molecule has 0 aliphatic carbocycles. The van der Waals surface area contributed by atoms with Crippen LogP contribution in [0.3, 0.4) is 0 Å². The second-order valence-electron chi connectivity index (χ2n) is 12.9. The summed E-state index contributed by atoms with van der Waals surface area (Å²) in [7, 11) is 0. The molecule has 1 nitrogen and oxygen atoms in total. The molecular formula is C45H33N. The van der Waals surface area contributed by atoms with Gasteiger partial charge < -0.3 is 4.90 Å². The lowest BCUT2D eigenvalue weighted by atomic mass is 9.72. The Hall–Kier alpha value is -5.66. The Bertz CT molecular complexity index is 2300. The maximum Gasteiger partial charge on any atom is 0.0546 e. The van der Waals surface area contributed by atoms with Gasteiger partial charge in [0.15, 0.2) is 0 Å². The minimum atomic E-state index is -0.226. The van der Waals surface area contributed by atoms with Crippen LogP contribution in [0.1, 0.15) is 25.0 Å². The molecule has 0 fully saturated rings. The summed E-state index contributed by atoms with van der Waals surface area (Å²) in [5.41, 5.74) is 11.0. The van der Waals surface area contributed by atoms with E-state index in [1.165, 1.54) is 82.8 Å². The first-order valence-corrected chi connectivity index (χ1v) is 16.1. The second kappa shape index (κ2) is 10.2. The Morgan fingerprint density at radius 2 is 0.761 bits per heavy atom. The number of anilines is 3. The van der Waals surface area contributed by atoms with Gasteiger partial charge in [-0.25, -0.2) is 0 Å². The van der Waals surface area contributed by atoms with Crippen LogP contribution in [0.5, 0.6) is 0 Å². The van der Waals surface area contributed by atoms with Gasteiger partial charge >= 0.3 is 0 Å². The average Bonchev–Trinajstić information content (AvgIpc) is 3.12. The molecule has 0 N–H and O–H groups in total. The third-order valence-corrected chi connectivity index (χ3v) is 10.0. The van der Waals surface area contributed by atoms with Crippen LogP contribution in [0.4, 0.5) is 17.1 Å². The van der Waals surface area contributed by atoms with E-state index < -0.39 is 0 Å². The zero-order valence-electron chi connectivity index (χ0n) is 26.0. The average molecular weight is 588 g/mol. The highest BCUT2D eigenvalue weighted by Crippen LogP contribution is 2.55. The first-order chi connectivity index (χ1) is 22.6. The monoisotopic (exact) mass is 587 g/mol. The van der Waals surface area contributed by atoms with Gasteiger partial charge in [0.25, 0.3) is 0 Å². The van der Waals surface area contributed by atoms with Gasteiger partial charge in [0.05, 0.1) is 17.1 Å². The van der Waals surface area contributed by atoms with Crippen LogP contribution in [-0.2, 0) is 5.41 Å². The zero-order chi connectivity index (χ0) is 30.8. The first kappa shape index (κ1) is 26.7. The molecule has 1 heteroatoms. The van der Waals surface area contributed by atoms with Crippen molar-refractivity contribution in [2.24, 2.45) is 0 Å². The predicted molar refractivity (Wildman–Crippen MR) is 197 cm³/mol. The normalized spacial score (nSPS) is 13.6. The molecule has 0 saturated heterocycles. The molecule has 0 bridgehead atoms. The van der Waals surface area contributed by atoms with Crippen LogP contribution in [0.15, 0.2) is 164 Å². The molecule has 0 atom stereocenters. The second-order valence-corrected chi connectivity index (χ2v) is 12.9. The topological polar surface area (TPSA) is 3.24 Å². The largest absolute Gasteiger partial charge is 0.309 e. The lowest BCUT2D eigenvalue weighted by molar-refractivity contribution is 0.632. The van der Waals surface area contributed by atoms with Crippen molar-refractivity contribution in [1.82, 2.24) is 0 Å². The fourth-order valence-corrected chi connectivity index (χ4v) is 7.74. The SMILES string of the molecule is CC1(C)c2cc(-c3ccccc3)ccc2N(c2cccc3c4ccccc4c4ccccc4c23)c2ccc(-c3ccccc3)cc21. The van der Waals surface area contributed by atoms with Crippen molar-refractivity contribution in [1.29, 1.82) is 0 Å². The number of rotatable bonds is 3. The van der Waals surface area contributed by atoms with E-state index in [9.17, 15) is 0 Å². The Kier molecular flexibility index (Phi) is 5.92. The van der Waals surface area contributed by atoms with Gasteiger partial charge in [-0.1, -0.05) is 147 Å². The fourth-order valence-electron chi connectivity index (χ4n) is 7.74. The highest BCUT2D eigenvalue weighted by Gasteiger charge is 2.38. The molecule has 0 amide bonds. The van der Waals surface area contributed by atoms with E-state index in [1.807, 2.05) is 0 Å². The molecule has 218 valence electrons. The van der Waals surface area contributed by atoms with Gasteiger partial charge in [-0.15, -0.1) is 0 Å². The Morgan fingerprint density at radius 3 is 1.26 bits per heavy atom. The lowest BCUT2D eigenvalue weighted by Crippen LogP contribution is -2.31. The lowest BCUT2D eigenvalue weighted by Gasteiger charge is -2.43. The molecule has 1 aliphatic heterocycles. The summed E-state index contributed by atoms with van der Waals surface area (Å²) in [6.07, 6.45) is 0. The van der Waals surface area contributed by atoms with Crippen LogP contribution >= 0.6 is 0 Å². The molecule has 1 heterocycles. The minimum absolute atomic E-state index is 0.226. The minimum Gasteiger partial charge on any atom is -0.309 e. The van der Waals surface area contributed by atoms with Gasteiger partial charge in [-0.3, -0.25) is 0 Å². The van der Waals surface area contributed by atoms with Crippen LogP contribution in [0.25, 0.3) is 54.6 Å². The summed E-state index contributed by atoms with van der Waals surface area (Å²) in [6, 6.07) is 60.2. The van der Waals surface area contributed by atoms with Gasteiger partial charge in [0.1, 0.15) is 0 Å². The molecule has 8 aromatic carbocycles. The predicted octanol–water partition coefficient (Wildman–Crippen LogP) is 12.6. The van der Waals surface area contributed by atoms with Crippen molar-refractivity contribution < 1.29 is 0 Å². The summed E-state index contributed by atoms with van der Waals surface area (Å²) < 4.78 is 0. The number of nitrogens with zero attached hydrogens (tertiary/aromatic N) is 1. The summed E-state index contributed by atoms with van der Waals surface area (Å²) in [5, 5.41) is 7.71. The zero-order valence-corrected chi connectivity index (χ0v) is 26.0. The maximum absolute atomic E-state index is 2.53. The van der Waals surface area contributed by atoms with Gasteiger partial charge in [0, 0.05) is 10.8 Å². The van der Waals surface area contributed by atoms with Crippen molar-refractivity contribution in [3.63, 3.8) is 0 Å². The van der Waals surface area contributed by atoms with Crippen LogP contribution in [0.2, 0.25) is 0 Å². The molecule has 9 rings (SSSR count). The summed E-state index contributed by atoms with van der Waals surface area (Å²) in [6.45, 7) is 4.77. The van der Waals surface area contributed by atoms with Gasteiger partial charge in [-0.2, -0.15) is 0 Å². The molecule has 0 radical (unpaired) electrons. The molecular weight excluding hydrogens is 555 g/mol. The number of hydrogen-bond donors (Lipinski definition) is 0. The molecule has 0 unspecified atom stereocenters. The Balaban J connectivity index is 1.38. The molecule has 0 aromatic heterocycles. The van der Waals surface area contributed by atoms with Crippen molar-refractivity contribution in [3.8, 4) is 22.3 Å². The van der Waals surface area contributed by atoms with Crippen molar-refractivity contribution in [2.75, 3.05) is 4.90 Å². The number of fused-ring (bicyclic) bond motifs is 8. The molecule has 0 spiro atoms. The fraction of sp³-hybridized carbons (Fsp3) is 0.0667. The maximum atomic E-state index is 2.53. The highest BCUT2D eigenvalue weighted by molar-refractivity contribution is 6.28. The number of hydrogen-bond acceptors (Lipinski definition) is 1. The van der Waals surface area contributed by atoms with Crippen molar-refractivity contribution in [2.45, 2.75) is 19.3 Å². The molecule has 8 aromatic rings. The Labute approximate surface area is 270 Å². The quantitative estimate of drug-likeness (QED) is 0.186. The Morgan fingerprint density at radius 1 is 0.348 bits per heavy atom.